The Bertz CT molecular complexity index is 511. The Labute approximate surface area is 115 Å². The second-order valence-corrected chi connectivity index (χ2v) is 5.16. The molecule has 1 N–H and O–H groups in total. The highest BCUT2D eigenvalue weighted by Crippen LogP contribution is 2.18. The largest absolute Gasteiger partial charge is 0.493 e. The van der Waals surface area contributed by atoms with Gasteiger partial charge in [0.2, 0.25) is 0 Å². The molecule has 1 heterocycles. The third-order valence-electron chi connectivity index (χ3n) is 2.90. The summed E-state index contributed by atoms with van der Waals surface area (Å²) in [5.74, 6) is 1.60. The van der Waals surface area contributed by atoms with Crippen molar-refractivity contribution in [1.82, 2.24) is 10.3 Å². The average Bonchev–Trinajstić information content (AvgIpc) is 2.42. The van der Waals surface area contributed by atoms with Crippen LogP contribution in [0.1, 0.15) is 20.3 Å². The molecule has 0 fully saturated rings. The molecule has 0 unspecified atom stereocenters. The topological polar surface area (TPSA) is 34.1 Å². The van der Waals surface area contributed by atoms with Crippen LogP contribution in [0.5, 0.6) is 5.75 Å². The summed E-state index contributed by atoms with van der Waals surface area (Å²) in [5.41, 5.74) is 0.984. The molecule has 0 saturated carbocycles. The lowest BCUT2D eigenvalue weighted by Crippen LogP contribution is -2.22. The third kappa shape index (κ3) is 4.52. The number of hydrogen-bond donors (Lipinski definition) is 1. The lowest BCUT2D eigenvalue weighted by Gasteiger charge is -2.09. The molecule has 3 nitrogen and oxygen atoms in total. The maximum Gasteiger partial charge on any atom is 0.121 e. The minimum absolute atomic E-state index is 0.701. The van der Waals surface area contributed by atoms with Crippen molar-refractivity contribution < 1.29 is 4.74 Å². The van der Waals surface area contributed by atoms with Gasteiger partial charge in [-0.1, -0.05) is 19.9 Å². The number of benzene rings is 1. The molecule has 0 bridgehead atoms. The standard InChI is InChI=1S/C16H22N2O/c1-13(2)12-17-8-4-10-19-15-7-6-14-5-3-9-18-16(14)11-15/h3,5-7,9,11,13,17H,4,8,10,12H2,1-2H3. The molecule has 2 rings (SSSR count). The van der Waals surface area contributed by atoms with E-state index in [1.54, 1.807) is 0 Å². The quantitative estimate of drug-likeness (QED) is 0.774. The maximum atomic E-state index is 5.74. The summed E-state index contributed by atoms with van der Waals surface area (Å²) < 4.78 is 5.74. The number of fused-ring (bicyclic) bond motifs is 1. The second kappa shape index (κ2) is 7.10. The molecule has 1 aromatic heterocycles. The number of nitrogens with zero attached hydrogens (tertiary/aromatic N) is 1. The minimum atomic E-state index is 0.701. The Kier molecular flexibility index (Phi) is 5.16. The van der Waals surface area contributed by atoms with Gasteiger partial charge in [-0.3, -0.25) is 4.98 Å². The van der Waals surface area contributed by atoms with E-state index in [0.717, 1.165) is 42.8 Å². The summed E-state index contributed by atoms with van der Waals surface area (Å²) in [6.07, 6.45) is 2.83. The summed E-state index contributed by atoms with van der Waals surface area (Å²) in [5, 5.41) is 4.56. The molecule has 0 aliphatic carbocycles. The van der Waals surface area contributed by atoms with E-state index in [1.807, 2.05) is 24.4 Å². The second-order valence-electron chi connectivity index (χ2n) is 5.16. The summed E-state index contributed by atoms with van der Waals surface area (Å²) in [7, 11) is 0. The van der Waals surface area contributed by atoms with Gasteiger partial charge < -0.3 is 10.1 Å². The van der Waals surface area contributed by atoms with Crippen LogP contribution in [0.2, 0.25) is 0 Å². The summed E-state index contributed by atoms with van der Waals surface area (Å²) >= 11 is 0. The Morgan fingerprint density at radius 3 is 3.00 bits per heavy atom. The highest BCUT2D eigenvalue weighted by molar-refractivity contribution is 5.79. The third-order valence-corrected chi connectivity index (χ3v) is 2.90. The predicted octanol–water partition coefficient (Wildman–Crippen LogP) is 3.25. The van der Waals surface area contributed by atoms with Crippen LogP contribution >= 0.6 is 0 Å². The molecule has 102 valence electrons. The molecule has 0 aliphatic heterocycles. The summed E-state index contributed by atoms with van der Waals surface area (Å²) in [4.78, 5) is 4.33. The van der Waals surface area contributed by atoms with Gasteiger partial charge >= 0.3 is 0 Å². The van der Waals surface area contributed by atoms with Gasteiger partial charge in [0.25, 0.3) is 0 Å². The van der Waals surface area contributed by atoms with Crippen molar-refractivity contribution in [2.24, 2.45) is 5.92 Å². The van der Waals surface area contributed by atoms with Crippen molar-refractivity contribution in [2.45, 2.75) is 20.3 Å². The first-order chi connectivity index (χ1) is 9.25. The van der Waals surface area contributed by atoms with E-state index in [0.29, 0.717) is 5.92 Å². The Morgan fingerprint density at radius 2 is 2.16 bits per heavy atom. The highest BCUT2D eigenvalue weighted by atomic mass is 16.5. The average molecular weight is 258 g/mol. The molecule has 0 atom stereocenters. The maximum absolute atomic E-state index is 5.74. The van der Waals surface area contributed by atoms with Crippen LogP contribution in [0.3, 0.4) is 0 Å². The van der Waals surface area contributed by atoms with Crippen LogP contribution < -0.4 is 10.1 Å². The zero-order valence-corrected chi connectivity index (χ0v) is 11.7. The smallest absolute Gasteiger partial charge is 0.121 e. The number of rotatable bonds is 7. The molecule has 0 amide bonds. The summed E-state index contributed by atoms with van der Waals surface area (Å²) in [6, 6.07) is 10.1. The van der Waals surface area contributed by atoms with Crippen molar-refractivity contribution in [3.8, 4) is 5.75 Å². The first-order valence-corrected chi connectivity index (χ1v) is 6.94. The Balaban J connectivity index is 1.75. The highest BCUT2D eigenvalue weighted by Gasteiger charge is 1.98. The number of pyridine rings is 1. The molecule has 0 spiro atoms. The van der Waals surface area contributed by atoms with E-state index in [2.05, 4.69) is 36.3 Å². The normalized spacial score (nSPS) is 11.1. The van der Waals surface area contributed by atoms with Gasteiger partial charge in [-0.2, -0.15) is 0 Å². The number of aromatic nitrogens is 1. The van der Waals surface area contributed by atoms with Crippen LogP contribution in [-0.4, -0.2) is 24.7 Å². The van der Waals surface area contributed by atoms with E-state index >= 15 is 0 Å². The molecule has 0 radical (unpaired) electrons. The van der Waals surface area contributed by atoms with Crippen LogP contribution in [0.4, 0.5) is 0 Å². The fourth-order valence-electron chi connectivity index (χ4n) is 1.91. The van der Waals surface area contributed by atoms with Gasteiger partial charge in [0.1, 0.15) is 5.75 Å². The Hall–Kier alpha value is -1.61. The molecule has 19 heavy (non-hydrogen) atoms. The minimum Gasteiger partial charge on any atom is -0.493 e. The number of ether oxygens (including phenoxy) is 1. The molecule has 0 saturated heterocycles. The van der Waals surface area contributed by atoms with Crippen LogP contribution in [-0.2, 0) is 0 Å². The van der Waals surface area contributed by atoms with Gasteiger partial charge in [0, 0.05) is 17.6 Å². The van der Waals surface area contributed by atoms with Gasteiger partial charge in [-0.05, 0) is 43.6 Å². The van der Waals surface area contributed by atoms with Gasteiger partial charge in [0.05, 0.1) is 12.1 Å². The van der Waals surface area contributed by atoms with Crippen LogP contribution in [0, 0.1) is 5.92 Å². The zero-order valence-electron chi connectivity index (χ0n) is 11.7. The molecular weight excluding hydrogens is 236 g/mol. The zero-order chi connectivity index (χ0) is 13.5. The van der Waals surface area contributed by atoms with E-state index in [1.165, 1.54) is 0 Å². The lowest BCUT2D eigenvalue weighted by molar-refractivity contribution is 0.307. The van der Waals surface area contributed by atoms with Crippen molar-refractivity contribution in [3.05, 3.63) is 36.5 Å². The SMILES string of the molecule is CC(C)CNCCCOc1ccc2cccnc2c1. The predicted molar refractivity (Wildman–Crippen MR) is 79.6 cm³/mol. The molecule has 2 aromatic rings. The Morgan fingerprint density at radius 1 is 1.26 bits per heavy atom. The fraction of sp³-hybridized carbons (Fsp3) is 0.438. The lowest BCUT2D eigenvalue weighted by atomic mass is 10.2. The van der Waals surface area contributed by atoms with Crippen molar-refractivity contribution >= 4 is 10.9 Å². The van der Waals surface area contributed by atoms with E-state index < -0.39 is 0 Å². The van der Waals surface area contributed by atoms with E-state index in [-0.39, 0.29) is 0 Å². The molecule has 0 aliphatic rings. The van der Waals surface area contributed by atoms with Gasteiger partial charge in [0.15, 0.2) is 0 Å². The molecule has 1 aromatic carbocycles. The van der Waals surface area contributed by atoms with E-state index in [9.17, 15) is 0 Å². The van der Waals surface area contributed by atoms with Crippen LogP contribution in [0.15, 0.2) is 36.5 Å². The van der Waals surface area contributed by atoms with Crippen LogP contribution in [0.25, 0.3) is 10.9 Å². The van der Waals surface area contributed by atoms with Crippen molar-refractivity contribution in [3.63, 3.8) is 0 Å². The summed E-state index contributed by atoms with van der Waals surface area (Å²) in [6.45, 7) is 7.24. The van der Waals surface area contributed by atoms with E-state index in [4.69, 9.17) is 4.74 Å². The first-order valence-electron chi connectivity index (χ1n) is 6.94. The number of nitrogens with one attached hydrogen (secondary N) is 1. The first kappa shape index (κ1) is 13.8. The van der Waals surface area contributed by atoms with Crippen molar-refractivity contribution in [2.75, 3.05) is 19.7 Å². The monoisotopic (exact) mass is 258 g/mol. The molecular formula is C16H22N2O. The molecule has 3 heteroatoms. The van der Waals surface area contributed by atoms with Gasteiger partial charge in [-0.25, -0.2) is 0 Å². The fourth-order valence-corrected chi connectivity index (χ4v) is 1.91. The number of hydrogen-bond acceptors (Lipinski definition) is 3. The van der Waals surface area contributed by atoms with Crippen molar-refractivity contribution in [1.29, 1.82) is 0 Å². The van der Waals surface area contributed by atoms with Gasteiger partial charge in [-0.15, -0.1) is 0 Å².